The molecule has 0 aliphatic rings. The molecule has 0 spiro atoms. The summed E-state index contributed by atoms with van der Waals surface area (Å²) >= 11 is 0. The summed E-state index contributed by atoms with van der Waals surface area (Å²) < 4.78 is 33.9. The smallest absolute Gasteiger partial charge is 0.143 e. The highest BCUT2D eigenvalue weighted by Crippen LogP contribution is 2.40. The van der Waals surface area contributed by atoms with Gasteiger partial charge in [-0.2, -0.15) is 5.26 Å². The third kappa shape index (κ3) is 13.7. The topological polar surface area (TPSA) is 51.5 Å². The van der Waals surface area contributed by atoms with Gasteiger partial charge in [0.25, 0.3) is 0 Å². The van der Waals surface area contributed by atoms with Crippen molar-refractivity contribution >= 4 is 0 Å². The fourth-order valence-corrected chi connectivity index (χ4v) is 6.76. The molecule has 0 heterocycles. The summed E-state index contributed by atoms with van der Waals surface area (Å²) in [5, 5.41) is 9.37. The Bertz CT molecular complexity index is 1430. The van der Waals surface area contributed by atoms with E-state index in [0.29, 0.717) is 18.8 Å². The van der Waals surface area contributed by atoms with E-state index >= 15 is 0 Å². The summed E-state index contributed by atoms with van der Waals surface area (Å²) in [5.74, 6) is -0.453. The van der Waals surface area contributed by atoms with Crippen molar-refractivity contribution in [1.82, 2.24) is 0 Å². The molecule has 0 aliphatic carbocycles. The predicted octanol–water partition coefficient (Wildman–Crippen LogP) is 12.1. The maximum absolute atomic E-state index is 14.3. The minimum atomic E-state index is -0.896. The lowest BCUT2D eigenvalue weighted by Gasteiger charge is -2.37. The van der Waals surface area contributed by atoms with Crippen LogP contribution in [0.1, 0.15) is 125 Å². The maximum Gasteiger partial charge on any atom is 0.143 e. The molecule has 4 aromatic carbocycles. The molecule has 0 bridgehead atoms. The Morgan fingerprint density at radius 1 is 0.608 bits per heavy atom. The number of nitrogens with zero attached hydrogens (tertiary/aromatic N) is 1. The molecule has 0 fully saturated rings. The first kappa shape index (κ1) is 40.0. The van der Waals surface area contributed by atoms with Gasteiger partial charge in [-0.05, 0) is 46.9 Å². The minimum Gasteiger partial charge on any atom is -0.379 e. The Hall–Kier alpha value is -3.82. The molecular weight excluding hydrogens is 634 g/mol. The summed E-state index contributed by atoms with van der Waals surface area (Å²) in [5.41, 5.74) is 3.00. The molecule has 4 rings (SSSR count). The molecule has 0 saturated heterocycles. The second-order valence-corrected chi connectivity index (χ2v) is 13.7. The van der Waals surface area contributed by atoms with E-state index in [4.69, 9.17) is 14.2 Å². The van der Waals surface area contributed by atoms with Crippen LogP contribution in [0.5, 0.6) is 0 Å². The van der Waals surface area contributed by atoms with Crippen LogP contribution >= 0.6 is 0 Å². The molecular formula is C46H58FNO3. The zero-order chi connectivity index (χ0) is 35.8. The van der Waals surface area contributed by atoms with E-state index in [9.17, 15) is 9.65 Å². The first-order chi connectivity index (χ1) is 25.2. The van der Waals surface area contributed by atoms with E-state index in [1.54, 1.807) is 6.07 Å². The lowest BCUT2D eigenvalue weighted by Crippen LogP contribution is -2.37. The van der Waals surface area contributed by atoms with E-state index in [1.165, 1.54) is 89.2 Å². The monoisotopic (exact) mass is 691 g/mol. The number of ether oxygens (including phenoxy) is 3. The van der Waals surface area contributed by atoms with Gasteiger partial charge in [0.15, 0.2) is 0 Å². The van der Waals surface area contributed by atoms with Crippen molar-refractivity contribution in [2.24, 2.45) is 0 Å². The van der Waals surface area contributed by atoms with E-state index in [-0.39, 0.29) is 18.8 Å². The van der Waals surface area contributed by atoms with Crippen LogP contribution in [0.4, 0.5) is 4.39 Å². The van der Waals surface area contributed by atoms with Gasteiger partial charge in [0.05, 0.1) is 31.5 Å². The van der Waals surface area contributed by atoms with E-state index in [2.05, 4.69) is 43.3 Å². The molecule has 0 unspecified atom stereocenters. The number of rotatable bonds is 26. The molecule has 0 aromatic heterocycles. The Balaban J connectivity index is 1.34. The Morgan fingerprint density at radius 2 is 1.08 bits per heavy atom. The van der Waals surface area contributed by atoms with E-state index in [1.807, 2.05) is 60.7 Å². The van der Waals surface area contributed by atoms with Crippen molar-refractivity contribution in [3.8, 4) is 6.07 Å². The lowest BCUT2D eigenvalue weighted by atomic mass is 9.80. The van der Waals surface area contributed by atoms with Crippen LogP contribution < -0.4 is 0 Å². The normalized spacial score (nSPS) is 12.1. The molecule has 4 nitrogen and oxygen atoms in total. The molecule has 0 radical (unpaired) electrons. The number of nitriles is 1. The fourth-order valence-electron chi connectivity index (χ4n) is 6.76. The highest BCUT2D eigenvalue weighted by Gasteiger charge is 2.38. The third-order valence-corrected chi connectivity index (χ3v) is 9.55. The number of benzene rings is 4. The first-order valence-electron chi connectivity index (χ1n) is 19.3. The van der Waals surface area contributed by atoms with Crippen molar-refractivity contribution in [3.05, 3.63) is 143 Å². The van der Waals surface area contributed by atoms with Crippen LogP contribution in [0, 0.1) is 17.1 Å². The molecule has 0 aliphatic heterocycles. The van der Waals surface area contributed by atoms with Gasteiger partial charge >= 0.3 is 0 Å². The summed E-state index contributed by atoms with van der Waals surface area (Å²) in [6.07, 6.45) is 18.0. The molecule has 272 valence electrons. The standard InChI is InChI=1S/C46H58FNO3/c1-2-3-4-5-6-7-8-9-10-11-12-13-14-24-31-49-37-45(50-36-40-32-39(35-48)33-44(47)34-40)38-51-46(41-25-18-15-19-26-41,42-27-20-16-21-28-42)43-29-22-17-23-30-43/h15-23,25-30,32-34,45H,2-14,24,31,36-38H2,1H3/t45-/m0/s1. The van der Waals surface area contributed by atoms with Gasteiger partial charge in [0.1, 0.15) is 17.5 Å². The van der Waals surface area contributed by atoms with Crippen LogP contribution in [0.3, 0.4) is 0 Å². The fraction of sp³-hybridized carbons (Fsp3) is 0.457. The molecule has 1 atom stereocenters. The summed E-state index contributed by atoms with van der Waals surface area (Å²) in [6, 6.07) is 37.1. The molecule has 0 saturated carbocycles. The van der Waals surface area contributed by atoms with Crippen LogP contribution in [-0.2, 0) is 26.4 Å². The van der Waals surface area contributed by atoms with Crippen LogP contribution in [-0.4, -0.2) is 25.9 Å². The predicted molar refractivity (Wildman–Crippen MR) is 206 cm³/mol. The van der Waals surface area contributed by atoms with Gasteiger partial charge in [-0.1, -0.05) is 181 Å². The number of hydrogen-bond donors (Lipinski definition) is 0. The molecule has 4 aromatic rings. The Morgan fingerprint density at radius 3 is 1.55 bits per heavy atom. The number of halogens is 1. The van der Waals surface area contributed by atoms with E-state index < -0.39 is 17.5 Å². The van der Waals surface area contributed by atoms with Crippen molar-refractivity contribution in [3.63, 3.8) is 0 Å². The number of hydrogen-bond acceptors (Lipinski definition) is 4. The van der Waals surface area contributed by atoms with Gasteiger partial charge in [-0.15, -0.1) is 0 Å². The highest BCUT2D eigenvalue weighted by atomic mass is 19.1. The molecule has 0 N–H and O–H groups in total. The quantitative estimate of drug-likeness (QED) is 0.0486. The van der Waals surface area contributed by atoms with Crippen molar-refractivity contribution in [2.45, 2.75) is 115 Å². The van der Waals surface area contributed by atoms with Crippen molar-refractivity contribution < 1.29 is 18.6 Å². The Kier molecular flexibility index (Phi) is 18.5. The molecule has 51 heavy (non-hydrogen) atoms. The minimum absolute atomic E-state index is 0.137. The van der Waals surface area contributed by atoms with Gasteiger partial charge in [0, 0.05) is 6.61 Å². The summed E-state index contributed by atoms with van der Waals surface area (Å²) in [7, 11) is 0. The molecule has 5 heteroatoms. The second kappa shape index (κ2) is 23.6. The molecule has 0 amide bonds. The van der Waals surface area contributed by atoms with Gasteiger partial charge < -0.3 is 14.2 Å². The number of unbranched alkanes of at least 4 members (excludes halogenated alkanes) is 13. The Labute approximate surface area is 307 Å². The summed E-state index contributed by atoms with van der Waals surface area (Å²) in [4.78, 5) is 0. The second-order valence-electron chi connectivity index (χ2n) is 13.7. The van der Waals surface area contributed by atoms with Crippen molar-refractivity contribution in [2.75, 3.05) is 19.8 Å². The third-order valence-electron chi connectivity index (χ3n) is 9.55. The van der Waals surface area contributed by atoms with Crippen LogP contribution in [0.2, 0.25) is 0 Å². The largest absolute Gasteiger partial charge is 0.379 e. The van der Waals surface area contributed by atoms with Crippen LogP contribution in [0.25, 0.3) is 0 Å². The zero-order valence-electron chi connectivity index (χ0n) is 30.7. The maximum atomic E-state index is 14.3. The van der Waals surface area contributed by atoms with E-state index in [0.717, 1.165) is 29.5 Å². The first-order valence-corrected chi connectivity index (χ1v) is 19.3. The van der Waals surface area contributed by atoms with Gasteiger partial charge in [-0.25, -0.2) is 4.39 Å². The van der Waals surface area contributed by atoms with Gasteiger partial charge in [-0.3, -0.25) is 0 Å². The summed E-state index contributed by atoms with van der Waals surface area (Å²) in [6.45, 7) is 3.64. The van der Waals surface area contributed by atoms with Crippen molar-refractivity contribution in [1.29, 1.82) is 5.26 Å². The average molecular weight is 692 g/mol. The zero-order valence-corrected chi connectivity index (χ0v) is 30.7. The average Bonchev–Trinajstić information content (AvgIpc) is 3.17. The SMILES string of the molecule is CCCCCCCCCCCCCCCCOC[C@@H](COC(c1ccccc1)(c1ccccc1)c1ccccc1)OCc1cc(F)cc(C#N)c1. The highest BCUT2D eigenvalue weighted by molar-refractivity contribution is 5.47. The van der Waals surface area contributed by atoms with Gasteiger partial charge in [0.2, 0.25) is 0 Å². The lowest BCUT2D eigenvalue weighted by molar-refractivity contribution is -0.0968. The van der Waals surface area contributed by atoms with Crippen LogP contribution in [0.15, 0.2) is 109 Å².